The molecule has 0 aromatic heterocycles. The number of allylic oxidation sites excluding steroid dienone is 5. The molecule has 3 heteroatoms. The average molecular weight is 239 g/mol. The summed E-state index contributed by atoms with van der Waals surface area (Å²) in [6.45, 7) is 12.0. The molecule has 0 heterocycles. The maximum atomic E-state index is 10.5. The molecule has 0 saturated carbocycles. The second-order valence-electron chi connectivity index (χ2n) is 3.62. The summed E-state index contributed by atoms with van der Waals surface area (Å²) in [6, 6.07) is 0. The highest BCUT2D eigenvalue weighted by Crippen LogP contribution is 2.17. The number of nitro groups is 1. The fraction of sp³-hybridized carbons (Fsp3) is 0.571. The highest BCUT2D eigenvalue weighted by atomic mass is 16.6. The molecule has 98 valence electrons. The summed E-state index contributed by atoms with van der Waals surface area (Å²) in [6.07, 6.45) is 7.30. The van der Waals surface area contributed by atoms with Crippen molar-refractivity contribution in [3.63, 3.8) is 0 Å². The lowest BCUT2D eigenvalue weighted by molar-refractivity contribution is -0.420. The number of nitrogens with zero attached hydrogens (tertiary/aromatic N) is 1. The van der Waals surface area contributed by atoms with Crippen LogP contribution >= 0.6 is 0 Å². The monoisotopic (exact) mass is 239 g/mol. The first-order chi connectivity index (χ1) is 8.02. The van der Waals surface area contributed by atoms with Crippen molar-refractivity contribution in [3.05, 3.63) is 45.2 Å². The van der Waals surface area contributed by atoms with Crippen LogP contribution in [-0.4, -0.2) is 4.92 Å². The van der Waals surface area contributed by atoms with Gasteiger partial charge in [0, 0.05) is 11.6 Å². The van der Waals surface area contributed by atoms with Crippen LogP contribution in [0.25, 0.3) is 0 Å². The molecular weight excluding hydrogens is 214 g/mol. The minimum Gasteiger partial charge on any atom is -0.258 e. The largest absolute Gasteiger partial charge is 0.271 e. The lowest BCUT2D eigenvalue weighted by atomic mass is 10.2. The van der Waals surface area contributed by atoms with Gasteiger partial charge in [0.25, 0.3) is 5.70 Å². The Kier molecular flexibility index (Phi) is 11.8. The van der Waals surface area contributed by atoms with Crippen molar-refractivity contribution in [2.24, 2.45) is 0 Å². The van der Waals surface area contributed by atoms with Gasteiger partial charge in [-0.3, -0.25) is 10.1 Å². The Balaban J connectivity index is 0. The van der Waals surface area contributed by atoms with Gasteiger partial charge in [0.05, 0.1) is 4.92 Å². The Bertz CT molecular complexity index is 312. The predicted octanol–water partition coefficient (Wildman–Crippen LogP) is 4.89. The van der Waals surface area contributed by atoms with Crippen LogP contribution in [0.5, 0.6) is 0 Å². The van der Waals surface area contributed by atoms with Crippen molar-refractivity contribution in [1.29, 1.82) is 0 Å². The quantitative estimate of drug-likeness (QED) is 0.483. The molecule has 0 fully saturated rings. The van der Waals surface area contributed by atoms with E-state index in [2.05, 4.69) is 13.8 Å². The first-order valence-corrected chi connectivity index (χ1v) is 6.21. The fourth-order valence-electron chi connectivity index (χ4n) is 1.04. The first-order valence-electron chi connectivity index (χ1n) is 6.21. The van der Waals surface area contributed by atoms with Gasteiger partial charge in [-0.25, -0.2) is 0 Å². The molecule has 1 aliphatic carbocycles. The van der Waals surface area contributed by atoms with Crippen molar-refractivity contribution in [2.75, 3.05) is 0 Å². The van der Waals surface area contributed by atoms with Gasteiger partial charge in [-0.2, -0.15) is 0 Å². The highest BCUT2D eigenvalue weighted by Gasteiger charge is 2.13. The maximum absolute atomic E-state index is 10.5. The summed E-state index contributed by atoms with van der Waals surface area (Å²) < 4.78 is 0. The third-order valence-electron chi connectivity index (χ3n) is 1.86. The molecule has 0 atom stereocenters. The summed E-state index contributed by atoms with van der Waals surface area (Å²) in [5.41, 5.74) is 2.09. The average Bonchev–Trinajstić information content (AvgIpc) is 2.45. The minimum atomic E-state index is -0.346. The molecular formula is C14H25NO2. The van der Waals surface area contributed by atoms with E-state index in [4.69, 9.17) is 0 Å². The van der Waals surface area contributed by atoms with E-state index in [-0.39, 0.29) is 10.6 Å². The van der Waals surface area contributed by atoms with Crippen molar-refractivity contribution in [2.45, 2.75) is 54.4 Å². The molecule has 0 bridgehead atoms. The van der Waals surface area contributed by atoms with Gasteiger partial charge >= 0.3 is 0 Å². The predicted molar refractivity (Wildman–Crippen MR) is 74.5 cm³/mol. The molecule has 0 aromatic rings. The van der Waals surface area contributed by atoms with E-state index < -0.39 is 0 Å². The number of hydrogen-bond acceptors (Lipinski definition) is 2. The van der Waals surface area contributed by atoms with E-state index in [1.165, 1.54) is 6.42 Å². The third-order valence-corrected chi connectivity index (χ3v) is 1.86. The Morgan fingerprint density at radius 3 is 2.12 bits per heavy atom. The van der Waals surface area contributed by atoms with Crippen molar-refractivity contribution < 1.29 is 4.92 Å². The van der Waals surface area contributed by atoms with Crippen LogP contribution in [-0.2, 0) is 0 Å². The molecule has 0 spiro atoms. The zero-order chi connectivity index (χ0) is 13.8. The normalized spacial score (nSPS) is 13.6. The zero-order valence-electron chi connectivity index (χ0n) is 11.9. The molecule has 0 radical (unpaired) electrons. The van der Waals surface area contributed by atoms with Gasteiger partial charge in [0.15, 0.2) is 0 Å². The van der Waals surface area contributed by atoms with E-state index in [0.29, 0.717) is 0 Å². The molecule has 17 heavy (non-hydrogen) atoms. The molecule has 0 saturated heterocycles. The summed E-state index contributed by atoms with van der Waals surface area (Å²) in [5, 5.41) is 10.5. The Hall–Kier alpha value is -1.38. The van der Waals surface area contributed by atoms with Crippen molar-refractivity contribution in [3.8, 4) is 0 Å². The lowest BCUT2D eigenvalue weighted by Gasteiger charge is -1.94. The van der Waals surface area contributed by atoms with Crippen LogP contribution in [0.3, 0.4) is 0 Å². The van der Waals surface area contributed by atoms with Gasteiger partial charge < -0.3 is 0 Å². The fourth-order valence-corrected chi connectivity index (χ4v) is 1.04. The van der Waals surface area contributed by atoms with E-state index in [1.54, 1.807) is 19.1 Å². The number of rotatable bonds is 1. The molecule has 0 aromatic carbocycles. The van der Waals surface area contributed by atoms with Crippen LogP contribution in [0.4, 0.5) is 0 Å². The second kappa shape index (κ2) is 11.1. The van der Waals surface area contributed by atoms with Crippen LogP contribution in [0.2, 0.25) is 0 Å². The summed E-state index contributed by atoms with van der Waals surface area (Å²) in [4.78, 5) is 10.1. The van der Waals surface area contributed by atoms with Gasteiger partial charge in [-0.15, -0.1) is 0 Å². The van der Waals surface area contributed by atoms with Crippen LogP contribution in [0.1, 0.15) is 54.4 Å². The van der Waals surface area contributed by atoms with Crippen LogP contribution in [0.15, 0.2) is 35.1 Å². The topological polar surface area (TPSA) is 43.1 Å². The molecule has 0 N–H and O–H groups in total. The molecule has 1 aliphatic rings. The van der Waals surface area contributed by atoms with Crippen LogP contribution in [0, 0.1) is 10.1 Å². The molecule has 1 rings (SSSR count). The van der Waals surface area contributed by atoms with Crippen LogP contribution < -0.4 is 0 Å². The summed E-state index contributed by atoms with van der Waals surface area (Å²) in [5.74, 6) is 0. The Labute approximate surface area is 105 Å². The SMILES string of the molecule is CC.CC1=CC=C([N+](=O)[O-])C(C)=CC1.CCC. The zero-order valence-corrected chi connectivity index (χ0v) is 11.9. The molecule has 0 aliphatic heterocycles. The highest BCUT2D eigenvalue weighted by molar-refractivity contribution is 5.32. The number of hydrogen-bond donors (Lipinski definition) is 0. The molecule has 3 nitrogen and oxygen atoms in total. The van der Waals surface area contributed by atoms with Gasteiger partial charge in [0.1, 0.15) is 0 Å². The second-order valence-corrected chi connectivity index (χ2v) is 3.62. The summed E-state index contributed by atoms with van der Waals surface area (Å²) >= 11 is 0. The van der Waals surface area contributed by atoms with E-state index in [1.807, 2.05) is 26.8 Å². The standard InChI is InChI=1S/C9H11NO2.C3H8.C2H6/c1-7-3-5-8(2)9(6-4-7)10(11)12;1-3-2;1-2/h4-6H,3H2,1-2H3;3H2,1-2H3;1-2H3. The van der Waals surface area contributed by atoms with Gasteiger partial charge in [-0.1, -0.05) is 51.8 Å². The van der Waals surface area contributed by atoms with Gasteiger partial charge in [-0.05, 0) is 20.3 Å². The molecule has 0 unspecified atom stereocenters. The smallest absolute Gasteiger partial charge is 0.258 e. The Morgan fingerprint density at radius 2 is 1.71 bits per heavy atom. The third kappa shape index (κ3) is 8.43. The minimum absolute atomic E-state index is 0.201. The van der Waals surface area contributed by atoms with E-state index in [0.717, 1.165) is 17.6 Å². The summed E-state index contributed by atoms with van der Waals surface area (Å²) in [7, 11) is 0. The van der Waals surface area contributed by atoms with E-state index >= 15 is 0 Å². The molecule has 0 amide bonds. The van der Waals surface area contributed by atoms with Crippen molar-refractivity contribution >= 4 is 0 Å². The maximum Gasteiger partial charge on any atom is 0.271 e. The first kappa shape index (κ1) is 18.0. The lowest BCUT2D eigenvalue weighted by Crippen LogP contribution is -1.98. The van der Waals surface area contributed by atoms with E-state index in [9.17, 15) is 10.1 Å². The Morgan fingerprint density at radius 1 is 1.24 bits per heavy atom. The van der Waals surface area contributed by atoms with Crippen molar-refractivity contribution in [1.82, 2.24) is 0 Å². The van der Waals surface area contributed by atoms with Gasteiger partial charge in [0.2, 0.25) is 0 Å².